The Morgan fingerprint density at radius 3 is 1.03 bits per heavy atom. The van der Waals surface area contributed by atoms with Crippen LogP contribution >= 0.6 is 0 Å². The summed E-state index contributed by atoms with van der Waals surface area (Å²) < 4.78 is 16.7. The van der Waals surface area contributed by atoms with Crippen molar-refractivity contribution in [2.75, 3.05) is 26.6 Å². The molecule has 11 aromatic rings. The summed E-state index contributed by atoms with van der Waals surface area (Å²) >= 11 is 0. The van der Waals surface area contributed by atoms with Crippen LogP contribution in [0.1, 0.15) is 357 Å². The second-order valence-corrected chi connectivity index (χ2v) is 45.1. The molecular formula is C107H149N15O13. The summed E-state index contributed by atoms with van der Waals surface area (Å²) in [6.45, 7) is 41.1. The van der Waals surface area contributed by atoms with Crippen LogP contribution in [0.2, 0.25) is 0 Å². The summed E-state index contributed by atoms with van der Waals surface area (Å²) in [7, 11) is 0. The number of aliphatic hydroxyl groups is 7. The molecule has 0 unspecified atom stereocenters. The number of nitrogens with one attached hydrogen (secondary N) is 5. The normalized spacial score (nSPS) is 17.8. The van der Waals surface area contributed by atoms with E-state index in [1.54, 1.807) is 90.0 Å². The van der Waals surface area contributed by atoms with E-state index in [2.05, 4.69) is 99.0 Å². The Hall–Kier alpha value is -10.3. The van der Waals surface area contributed by atoms with Crippen molar-refractivity contribution in [1.29, 1.82) is 0 Å². The van der Waals surface area contributed by atoms with Crippen molar-refractivity contribution in [3.63, 3.8) is 0 Å². The van der Waals surface area contributed by atoms with Gasteiger partial charge in [0.2, 0.25) is 59.3 Å². The molecule has 5 amide bonds. The largest absolute Gasteiger partial charge is 0.390 e. The van der Waals surface area contributed by atoms with Gasteiger partial charge in [-0.3, -0.25) is 50.6 Å². The van der Waals surface area contributed by atoms with Crippen LogP contribution in [0.25, 0.3) is 55.2 Å². The van der Waals surface area contributed by atoms with Crippen LogP contribution in [0.4, 0.5) is 29.7 Å². The lowest BCUT2D eigenvalue weighted by Crippen LogP contribution is -2.37. The van der Waals surface area contributed by atoms with Gasteiger partial charge in [-0.25, -0.2) is 24.9 Å². The Morgan fingerprint density at radius 2 is 0.704 bits per heavy atom. The third-order valence-corrected chi connectivity index (χ3v) is 27.5. The van der Waals surface area contributed by atoms with Crippen molar-refractivity contribution in [2.45, 2.75) is 375 Å². The molecule has 5 aliphatic carbocycles. The lowest BCUT2D eigenvalue weighted by Gasteiger charge is -2.35. The van der Waals surface area contributed by atoms with Crippen molar-refractivity contribution in [3.05, 3.63) is 155 Å². The number of benzene rings is 6. The number of nitrogens with zero attached hydrogens (tertiary/aromatic N) is 10. The van der Waals surface area contributed by atoms with Gasteiger partial charge in [0, 0.05) is 48.1 Å². The Kier molecular flexibility index (Phi) is 30.0. The number of aromatic nitrogens is 10. The fourth-order valence-corrected chi connectivity index (χ4v) is 18.1. The maximum atomic E-state index is 12.8. The highest BCUT2D eigenvalue weighted by Crippen LogP contribution is 2.46. The zero-order valence-electron chi connectivity index (χ0n) is 83.7. The molecule has 5 aromatic heterocycles. The van der Waals surface area contributed by atoms with E-state index in [0.29, 0.717) is 72.3 Å². The fraction of sp³-hybridized carbons (Fsp3) is 0.570. The van der Waals surface area contributed by atoms with E-state index in [1.165, 1.54) is 19.3 Å². The molecule has 6 heterocycles. The smallest absolute Gasteiger partial charge is 0.230 e. The van der Waals surface area contributed by atoms with E-state index < -0.39 is 39.2 Å². The van der Waals surface area contributed by atoms with Gasteiger partial charge in [-0.05, 0) is 313 Å². The van der Waals surface area contributed by atoms with E-state index in [0.717, 1.165) is 179 Å². The van der Waals surface area contributed by atoms with Crippen LogP contribution in [0.15, 0.2) is 121 Å². The third-order valence-electron chi connectivity index (χ3n) is 27.5. The highest BCUT2D eigenvalue weighted by atomic mass is 16.5. The van der Waals surface area contributed by atoms with Gasteiger partial charge in [0.25, 0.3) is 0 Å². The summed E-state index contributed by atoms with van der Waals surface area (Å²) in [5.41, 5.74) is 6.30. The van der Waals surface area contributed by atoms with Crippen molar-refractivity contribution in [2.24, 2.45) is 16.7 Å². The van der Waals surface area contributed by atoms with Crippen LogP contribution < -0.4 is 26.6 Å². The zero-order valence-corrected chi connectivity index (χ0v) is 83.7. The lowest BCUT2D eigenvalue weighted by atomic mass is 9.81. The number of fused-ring (bicyclic) bond motifs is 5. The van der Waals surface area contributed by atoms with E-state index in [9.17, 15) is 59.7 Å². The standard InChI is InChI=1S/C24H29N3O3.C23H33N3O3.C21H31N3O2.C20H29N3O2.C19H27N3O3/c1-23(2,29)17-12-13-19-20(14-17)27(18-10-7-11-18)22(25-19)26-21(28)15-24(3,30)16-8-5-4-6-9-16;1-22(2)12-6-9-17(29-22)14-20(27)25-21-24-18-11-10-15(23(3,4)28)13-19(18)26(21)16-7-5-8-16;1-13(20(2,3)4)18(25)23-19-22-16-11-10-14(21(5,6)26)12-17(16)24(19)15-8-7-9-15;1-19(2,3)12-16(24)22-18-21-15-11-7-10-14(20(4,5)25)17(15)23(18)13-8-6-9-13;1-18(2,24)11-16(23)21-17-20-14-9-8-12(19(3,4)25)10-15(14)22(17)13-6-5-7-13/h4-6,8-9,12-14,18,29-30H,7,10-11,15H2,1-3H3,(H,25,26,28);10-11,13,16-17,28H,5-9,12,14H2,1-4H3,(H,24,25,27);10-13,15,26H,7-9H2,1-6H3,(H,22,23,25);7,10-11,13,25H,6,8-9,12H2,1-5H3,(H,21,22,24);8-10,13,24-25H,5-7,11H2,1-4H3,(H,20,21,23)/t24-;17-;13-;;/m001../s1. The van der Waals surface area contributed by atoms with Gasteiger partial charge in [0.15, 0.2) is 0 Å². The van der Waals surface area contributed by atoms with Crippen molar-refractivity contribution in [3.8, 4) is 0 Å². The first-order valence-electron chi connectivity index (χ1n) is 48.8. The predicted molar refractivity (Wildman–Crippen MR) is 534 cm³/mol. The minimum Gasteiger partial charge on any atom is -0.390 e. The first-order valence-corrected chi connectivity index (χ1v) is 48.8. The van der Waals surface area contributed by atoms with Crippen LogP contribution in [0.5, 0.6) is 0 Å². The van der Waals surface area contributed by atoms with Gasteiger partial charge in [-0.15, -0.1) is 0 Å². The second kappa shape index (κ2) is 39.7. The fourth-order valence-electron chi connectivity index (χ4n) is 18.1. The molecule has 12 N–H and O–H groups in total. The molecule has 1 aliphatic heterocycles. The van der Waals surface area contributed by atoms with Crippen LogP contribution in [-0.4, -0.2) is 130 Å². The maximum absolute atomic E-state index is 12.8. The van der Waals surface area contributed by atoms with Crippen molar-refractivity contribution >= 4 is 114 Å². The molecule has 730 valence electrons. The lowest BCUT2D eigenvalue weighted by molar-refractivity contribution is -0.131. The second-order valence-electron chi connectivity index (χ2n) is 45.1. The number of anilines is 5. The number of rotatable bonds is 24. The van der Waals surface area contributed by atoms with Crippen molar-refractivity contribution in [1.82, 2.24) is 47.8 Å². The van der Waals surface area contributed by atoms with Crippen molar-refractivity contribution < 1.29 is 64.5 Å². The minimum atomic E-state index is -1.27. The number of amides is 5. The molecule has 1 saturated heterocycles. The van der Waals surface area contributed by atoms with Gasteiger partial charge in [-0.2, -0.15) is 0 Å². The summed E-state index contributed by atoms with van der Waals surface area (Å²) in [4.78, 5) is 86.4. The summed E-state index contributed by atoms with van der Waals surface area (Å²) in [6.07, 6.45) is 20.3. The van der Waals surface area contributed by atoms with Gasteiger partial charge >= 0.3 is 0 Å². The predicted octanol–water partition coefficient (Wildman–Crippen LogP) is 21.0. The molecule has 5 saturated carbocycles. The van der Waals surface area contributed by atoms with E-state index in [4.69, 9.17) is 14.7 Å². The molecule has 135 heavy (non-hydrogen) atoms. The molecular weight excluding hydrogens is 1700 g/mol. The van der Waals surface area contributed by atoms with E-state index in [1.807, 2.05) is 149 Å². The number of hydrogen-bond donors (Lipinski definition) is 12. The molecule has 0 radical (unpaired) electrons. The first kappa shape index (κ1) is 102. The molecule has 6 aromatic carbocycles. The average Bonchev–Trinajstić information content (AvgIpc) is 1.55. The molecule has 6 fully saturated rings. The van der Waals surface area contributed by atoms with Crippen LogP contribution in [-0.2, 0) is 62.3 Å². The Labute approximate surface area is 795 Å². The molecule has 3 atom stereocenters. The first-order chi connectivity index (χ1) is 62.9. The van der Waals surface area contributed by atoms with Crippen LogP contribution in [0, 0.1) is 16.7 Å². The Morgan fingerprint density at radius 1 is 0.370 bits per heavy atom. The number of para-hydroxylation sites is 1. The number of carbonyl (C=O) groups is 5. The summed E-state index contributed by atoms with van der Waals surface area (Å²) in [5.74, 6) is 2.11. The molecule has 0 bridgehead atoms. The Balaban J connectivity index is 0.000000143. The Bertz CT molecular complexity index is 6070. The number of imidazole rings is 5. The maximum Gasteiger partial charge on any atom is 0.230 e. The summed E-state index contributed by atoms with van der Waals surface area (Å²) in [6, 6.07) is 39.7. The molecule has 0 spiro atoms. The number of hydrogen-bond acceptors (Lipinski definition) is 18. The van der Waals surface area contributed by atoms with E-state index >= 15 is 0 Å². The van der Waals surface area contributed by atoms with Gasteiger partial charge in [-0.1, -0.05) is 115 Å². The zero-order chi connectivity index (χ0) is 98.4. The third kappa shape index (κ3) is 25.0. The SMILES string of the molecule is CC(C)(C)CC(=O)Nc1nc2cccc(C(C)(C)O)c2n1C1CCC1.CC(C)(O)CC(=O)Nc1nc2ccc(C(C)(C)O)cc2n1C1CCC1.CC(C)(O)c1ccc2nc(NC(=O)C[C@](C)(O)c3ccccc3)n(C3CCC3)c2c1.CC1(C)CCC[C@@H](CC(=O)Nc2nc3ccc(C(C)(C)O)cc3n2C2CCC2)O1.C[C@H](C(=O)Nc1nc2ccc(C(C)(C)O)cc2n1C1CCC1)C(C)(C)C. The van der Waals surface area contributed by atoms with Gasteiger partial charge in [0.05, 0.1) is 125 Å². The molecule has 17 rings (SSSR count). The number of ether oxygens (including phenoxy) is 1. The average molecular weight is 1850 g/mol. The molecule has 28 nitrogen and oxygen atoms in total. The van der Waals surface area contributed by atoms with Gasteiger partial charge < -0.3 is 63.3 Å². The minimum absolute atomic E-state index is 0.00362. The van der Waals surface area contributed by atoms with Gasteiger partial charge in [0.1, 0.15) is 0 Å². The molecule has 28 heteroatoms. The topological polar surface area (TPSA) is 385 Å². The quantitative estimate of drug-likeness (QED) is 0.0267. The number of carbonyl (C=O) groups excluding carboxylic acids is 5. The summed E-state index contributed by atoms with van der Waals surface area (Å²) in [5, 5.41) is 87.7. The molecule has 6 aliphatic rings. The highest BCUT2D eigenvalue weighted by molar-refractivity contribution is 5.97. The van der Waals surface area contributed by atoms with E-state index in [-0.39, 0.29) is 76.9 Å². The van der Waals surface area contributed by atoms with Crippen LogP contribution in [0.3, 0.4) is 0 Å². The monoisotopic (exact) mass is 1850 g/mol. The highest BCUT2D eigenvalue weighted by Gasteiger charge is 2.39.